The molecule has 130 valence electrons. The molecule has 1 aromatic heterocycles. The van der Waals surface area contributed by atoms with Crippen molar-refractivity contribution < 1.29 is 19.1 Å². The molecule has 0 bridgehead atoms. The lowest BCUT2D eigenvalue weighted by Gasteiger charge is -2.21. The summed E-state index contributed by atoms with van der Waals surface area (Å²) in [7, 11) is 1.94. The Labute approximate surface area is 145 Å². The van der Waals surface area contributed by atoms with Crippen molar-refractivity contribution in [2.45, 2.75) is 40.2 Å². The van der Waals surface area contributed by atoms with Gasteiger partial charge in [-0.05, 0) is 64.1 Å². The molecule has 2 heterocycles. The minimum atomic E-state index is -0.659. The number of carbonyl (C=O) groups is 3. The predicted molar refractivity (Wildman–Crippen MR) is 93.4 cm³/mol. The molecule has 2 amide bonds. The molecule has 0 saturated carbocycles. The van der Waals surface area contributed by atoms with Crippen molar-refractivity contribution in [3.05, 3.63) is 27.9 Å². The van der Waals surface area contributed by atoms with E-state index in [-0.39, 0.29) is 6.54 Å². The molecule has 1 saturated heterocycles. The Hall–Kier alpha value is -2.02. The van der Waals surface area contributed by atoms with Crippen LogP contribution in [-0.2, 0) is 21.4 Å². The highest BCUT2D eigenvalue weighted by Crippen LogP contribution is 2.33. The van der Waals surface area contributed by atoms with Gasteiger partial charge in [0.25, 0.3) is 11.1 Å². The number of imide groups is 1. The summed E-state index contributed by atoms with van der Waals surface area (Å²) in [6, 6.07) is 1.96. The smallest absolute Gasteiger partial charge is 0.326 e. The van der Waals surface area contributed by atoms with E-state index in [9.17, 15) is 14.4 Å². The van der Waals surface area contributed by atoms with E-state index in [1.807, 2.05) is 31.5 Å². The minimum Gasteiger partial charge on any atom is -0.459 e. The van der Waals surface area contributed by atoms with E-state index in [2.05, 4.69) is 0 Å². The van der Waals surface area contributed by atoms with Gasteiger partial charge in [0, 0.05) is 18.4 Å². The molecule has 7 heteroatoms. The number of hydrogen-bond donors (Lipinski definition) is 0. The largest absolute Gasteiger partial charge is 0.459 e. The maximum Gasteiger partial charge on any atom is 0.326 e. The molecule has 1 aliphatic rings. The average Bonchev–Trinajstić information content (AvgIpc) is 2.83. The topological polar surface area (TPSA) is 68.6 Å². The molecule has 0 aromatic carbocycles. The van der Waals surface area contributed by atoms with Gasteiger partial charge in [0.1, 0.15) is 12.1 Å². The van der Waals surface area contributed by atoms with Gasteiger partial charge in [0.15, 0.2) is 0 Å². The van der Waals surface area contributed by atoms with E-state index < -0.39 is 22.7 Å². The van der Waals surface area contributed by atoms with Gasteiger partial charge in [-0.25, -0.2) is 0 Å². The number of nitrogens with zero attached hydrogens (tertiary/aromatic N) is 2. The van der Waals surface area contributed by atoms with Crippen molar-refractivity contribution in [1.82, 2.24) is 9.47 Å². The molecule has 0 aliphatic carbocycles. The van der Waals surface area contributed by atoms with Crippen molar-refractivity contribution >= 4 is 35.0 Å². The maximum absolute atomic E-state index is 12.4. The SMILES string of the molecule is Cc1cc(/C=C2/SC(=O)N(CC(=O)OC(C)(C)C)C2=O)c(C)n1C. The molecule has 2 rings (SSSR count). The molecular formula is C17H22N2O4S. The van der Waals surface area contributed by atoms with E-state index in [4.69, 9.17) is 4.74 Å². The lowest BCUT2D eigenvalue weighted by atomic mass is 10.2. The van der Waals surface area contributed by atoms with Gasteiger partial charge in [-0.3, -0.25) is 19.3 Å². The normalized spacial score (nSPS) is 17.1. The number of ether oxygens (including phenoxy) is 1. The molecule has 24 heavy (non-hydrogen) atoms. The molecule has 1 aliphatic heterocycles. The molecule has 0 unspecified atom stereocenters. The highest BCUT2D eigenvalue weighted by atomic mass is 32.2. The van der Waals surface area contributed by atoms with Crippen LogP contribution in [0.5, 0.6) is 0 Å². The van der Waals surface area contributed by atoms with Crippen molar-refractivity contribution in [2.24, 2.45) is 7.05 Å². The first-order valence-corrected chi connectivity index (χ1v) is 8.41. The standard InChI is InChI=1S/C17H22N2O4S/c1-10-7-12(11(2)18(10)6)8-13-15(21)19(16(22)24-13)9-14(20)23-17(3,4)5/h7-8H,9H2,1-6H3/b13-8+. The van der Waals surface area contributed by atoms with Crippen molar-refractivity contribution in [3.63, 3.8) is 0 Å². The first kappa shape index (κ1) is 18.3. The molecule has 1 aromatic rings. The summed E-state index contributed by atoms with van der Waals surface area (Å²) in [5.74, 6) is -1.06. The number of esters is 1. The summed E-state index contributed by atoms with van der Waals surface area (Å²) in [6.07, 6.45) is 1.70. The lowest BCUT2D eigenvalue weighted by molar-refractivity contribution is -0.156. The van der Waals surface area contributed by atoms with Gasteiger partial charge in [-0.1, -0.05) is 0 Å². The number of aryl methyl sites for hydroxylation is 1. The van der Waals surface area contributed by atoms with Crippen LogP contribution in [-0.4, -0.2) is 38.7 Å². The molecule has 0 atom stereocenters. The van der Waals surface area contributed by atoms with Crippen LogP contribution in [0, 0.1) is 13.8 Å². The Morgan fingerprint density at radius 3 is 2.42 bits per heavy atom. The fourth-order valence-corrected chi connectivity index (χ4v) is 3.14. The summed E-state index contributed by atoms with van der Waals surface area (Å²) in [5.41, 5.74) is 2.30. The number of aromatic nitrogens is 1. The van der Waals surface area contributed by atoms with Gasteiger partial charge in [-0.2, -0.15) is 0 Å². The summed E-state index contributed by atoms with van der Waals surface area (Å²) < 4.78 is 7.18. The summed E-state index contributed by atoms with van der Waals surface area (Å²) in [5, 5.41) is -0.456. The Bertz CT molecular complexity index is 741. The van der Waals surface area contributed by atoms with Gasteiger partial charge >= 0.3 is 5.97 Å². The summed E-state index contributed by atoms with van der Waals surface area (Å²) >= 11 is 0.842. The Morgan fingerprint density at radius 2 is 1.92 bits per heavy atom. The third-order valence-electron chi connectivity index (χ3n) is 3.68. The molecule has 0 spiro atoms. The second-order valence-corrected chi connectivity index (χ2v) is 7.73. The van der Waals surface area contributed by atoms with E-state index in [0.29, 0.717) is 4.91 Å². The Kier molecular flexibility index (Phi) is 4.94. The lowest BCUT2D eigenvalue weighted by Crippen LogP contribution is -2.37. The second kappa shape index (κ2) is 6.47. The maximum atomic E-state index is 12.4. The van der Waals surface area contributed by atoms with Crippen LogP contribution in [0.25, 0.3) is 6.08 Å². The third-order valence-corrected chi connectivity index (χ3v) is 4.59. The van der Waals surface area contributed by atoms with Gasteiger partial charge < -0.3 is 9.30 Å². The van der Waals surface area contributed by atoms with Crippen LogP contribution in [0.4, 0.5) is 4.79 Å². The third kappa shape index (κ3) is 3.90. The van der Waals surface area contributed by atoms with Crippen molar-refractivity contribution in [2.75, 3.05) is 6.54 Å². The zero-order chi connectivity index (χ0) is 18.2. The van der Waals surface area contributed by atoms with Crippen LogP contribution >= 0.6 is 11.8 Å². The Balaban J connectivity index is 2.18. The fourth-order valence-electron chi connectivity index (χ4n) is 2.31. The fraction of sp³-hybridized carbons (Fsp3) is 0.471. The van der Waals surface area contributed by atoms with Crippen LogP contribution in [0.3, 0.4) is 0 Å². The number of hydrogen-bond acceptors (Lipinski definition) is 5. The number of rotatable bonds is 3. The zero-order valence-corrected chi connectivity index (χ0v) is 15.6. The van der Waals surface area contributed by atoms with Crippen LogP contribution < -0.4 is 0 Å². The predicted octanol–water partition coefficient (Wildman–Crippen LogP) is 3.02. The molecule has 0 radical (unpaired) electrons. The summed E-state index contributed by atoms with van der Waals surface area (Å²) in [6.45, 7) is 8.76. The number of amides is 2. The van der Waals surface area contributed by atoms with E-state index in [1.54, 1.807) is 26.8 Å². The van der Waals surface area contributed by atoms with Gasteiger partial charge in [-0.15, -0.1) is 0 Å². The highest BCUT2D eigenvalue weighted by molar-refractivity contribution is 8.18. The van der Waals surface area contributed by atoms with Crippen LogP contribution in [0.15, 0.2) is 11.0 Å². The van der Waals surface area contributed by atoms with E-state index in [1.165, 1.54) is 0 Å². The molecule has 0 N–H and O–H groups in total. The highest BCUT2D eigenvalue weighted by Gasteiger charge is 2.37. The minimum absolute atomic E-state index is 0.317. The Morgan fingerprint density at radius 1 is 1.29 bits per heavy atom. The average molecular weight is 350 g/mol. The first-order valence-electron chi connectivity index (χ1n) is 7.59. The van der Waals surface area contributed by atoms with Gasteiger partial charge in [0.2, 0.25) is 0 Å². The first-order chi connectivity index (χ1) is 11.0. The molecule has 6 nitrogen and oxygen atoms in total. The van der Waals surface area contributed by atoms with Crippen molar-refractivity contribution in [1.29, 1.82) is 0 Å². The summed E-state index contributed by atoms with van der Waals surface area (Å²) in [4.78, 5) is 37.6. The van der Waals surface area contributed by atoms with Gasteiger partial charge in [0.05, 0.1) is 4.91 Å². The van der Waals surface area contributed by atoms with E-state index in [0.717, 1.165) is 33.6 Å². The van der Waals surface area contributed by atoms with Crippen LogP contribution in [0.2, 0.25) is 0 Å². The van der Waals surface area contributed by atoms with Crippen LogP contribution in [0.1, 0.15) is 37.7 Å². The quantitative estimate of drug-likeness (QED) is 0.619. The number of carbonyl (C=O) groups excluding carboxylic acids is 3. The monoisotopic (exact) mass is 350 g/mol. The second-order valence-electron chi connectivity index (χ2n) is 6.74. The van der Waals surface area contributed by atoms with Crippen molar-refractivity contribution in [3.8, 4) is 0 Å². The molecular weight excluding hydrogens is 328 g/mol. The van der Waals surface area contributed by atoms with E-state index >= 15 is 0 Å². The number of thioether (sulfide) groups is 1. The zero-order valence-electron chi connectivity index (χ0n) is 14.8. The molecule has 1 fully saturated rings.